The molecule has 0 heterocycles. The van der Waals surface area contributed by atoms with Crippen molar-refractivity contribution in [2.75, 3.05) is 32.5 Å². The van der Waals surface area contributed by atoms with Crippen molar-refractivity contribution in [1.82, 2.24) is 9.62 Å². The minimum atomic E-state index is -3.41. The second kappa shape index (κ2) is 5.90. The fraction of sp³-hybridized carbons (Fsp3) is 0.538. The molecule has 1 fully saturated rings. The number of hydrogen-bond acceptors (Lipinski definition) is 4. The number of likely N-dealkylation sites (N-methyl/N-ethyl adjacent to an activating group) is 1. The van der Waals surface area contributed by atoms with Crippen LogP contribution < -0.4 is 10.0 Å². The molecule has 0 bridgehead atoms. The summed E-state index contributed by atoms with van der Waals surface area (Å²) in [5.74, 6) is 0. The second-order valence-corrected chi connectivity index (χ2v) is 6.70. The zero-order valence-electron chi connectivity index (χ0n) is 11.4. The molecule has 2 N–H and O–H groups in total. The van der Waals surface area contributed by atoms with Gasteiger partial charge in [0.1, 0.15) is 4.90 Å². The van der Waals surface area contributed by atoms with Crippen molar-refractivity contribution in [3.05, 3.63) is 24.3 Å². The van der Waals surface area contributed by atoms with Gasteiger partial charge in [-0.25, -0.2) is 13.1 Å². The molecule has 0 aliphatic heterocycles. The summed E-state index contributed by atoms with van der Waals surface area (Å²) in [5, 5.41) is 3.21. The molecule has 1 saturated carbocycles. The van der Waals surface area contributed by atoms with Crippen molar-refractivity contribution in [2.24, 2.45) is 0 Å². The first-order valence-electron chi connectivity index (χ1n) is 6.51. The lowest BCUT2D eigenvalue weighted by Crippen LogP contribution is -2.27. The van der Waals surface area contributed by atoms with Crippen LogP contribution in [0.25, 0.3) is 0 Å². The van der Waals surface area contributed by atoms with Gasteiger partial charge in [-0.15, -0.1) is 0 Å². The summed E-state index contributed by atoms with van der Waals surface area (Å²) in [4.78, 5) is 2.61. The zero-order valence-corrected chi connectivity index (χ0v) is 12.2. The number of anilines is 1. The van der Waals surface area contributed by atoms with Crippen molar-refractivity contribution < 1.29 is 8.42 Å². The molecule has 0 saturated heterocycles. The van der Waals surface area contributed by atoms with Crippen LogP contribution in [0.15, 0.2) is 29.2 Å². The fourth-order valence-corrected chi connectivity index (χ4v) is 2.93. The summed E-state index contributed by atoms with van der Waals surface area (Å²) in [6.07, 6.45) is 2.56. The molecule has 1 aliphatic rings. The van der Waals surface area contributed by atoms with Gasteiger partial charge in [-0.1, -0.05) is 12.1 Å². The Labute approximate surface area is 115 Å². The van der Waals surface area contributed by atoms with E-state index in [-0.39, 0.29) is 0 Å². The van der Waals surface area contributed by atoms with Crippen LogP contribution in [-0.4, -0.2) is 46.5 Å². The summed E-state index contributed by atoms with van der Waals surface area (Å²) in [6.45, 7) is 1.65. The van der Waals surface area contributed by atoms with E-state index < -0.39 is 10.0 Å². The smallest absolute Gasteiger partial charge is 0.242 e. The highest BCUT2D eigenvalue weighted by molar-refractivity contribution is 7.89. The molecule has 6 heteroatoms. The monoisotopic (exact) mass is 283 g/mol. The van der Waals surface area contributed by atoms with Crippen LogP contribution in [0.2, 0.25) is 0 Å². The highest BCUT2D eigenvalue weighted by atomic mass is 32.2. The third-order valence-electron chi connectivity index (χ3n) is 3.40. The first-order chi connectivity index (χ1) is 9.04. The van der Waals surface area contributed by atoms with E-state index in [1.165, 1.54) is 19.9 Å². The Balaban J connectivity index is 1.99. The number of sulfonamides is 1. The van der Waals surface area contributed by atoms with E-state index in [0.29, 0.717) is 10.6 Å². The molecule has 2 rings (SSSR count). The molecule has 0 radical (unpaired) electrons. The van der Waals surface area contributed by atoms with Crippen LogP contribution in [0.3, 0.4) is 0 Å². The highest BCUT2D eigenvalue weighted by Gasteiger charge is 2.25. The molecule has 0 amide bonds. The SMILES string of the molecule is CNS(=O)(=O)c1ccccc1NCCN(C)C1CC1. The summed E-state index contributed by atoms with van der Waals surface area (Å²) in [5.41, 5.74) is 0.654. The Bertz CT molecular complexity index is 526. The van der Waals surface area contributed by atoms with Crippen LogP contribution >= 0.6 is 0 Å². The Morgan fingerprint density at radius 1 is 1.32 bits per heavy atom. The first-order valence-corrected chi connectivity index (χ1v) is 7.99. The average Bonchev–Trinajstić information content (AvgIpc) is 3.23. The topological polar surface area (TPSA) is 61.4 Å². The van der Waals surface area contributed by atoms with Crippen molar-refractivity contribution >= 4 is 15.7 Å². The summed E-state index contributed by atoms with van der Waals surface area (Å²) >= 11 is 0. The Kier molecular flexibility index (Phi) is 4.44. The lowest BCUT2D eigenvalue weighted by atomic mass is 10.3. The van der Waals surface area contributed by atoms with E-state index in [0.717, 1.165) is 19.1 Å². The lowest BCUT2D eigenvalue weighted by molar-refractivity contribution is 0.337. The molecular formula is C13H21N3O2S. The van der Waals surface area contributed by atoms with Crippen LogP contribution in [-0.2, 0) is 10.0 Å². The van der Waals surface area contributed by atoms with Gasteiger partial charge in [-0.2, -0.15) is 0 Å². The molecule has 0 unspecified atom stereocenters. The van der Waals surface area contributed by atoms with Crippen molar-refractivity contribution in [1.29, 1.82) is 0 Å². The molecule has 0 atom stereocenters. The maximum Gasteiger partial charge on any atom is 0.242 e. The molecule has 19 heavy (non-hydrogen) atoms. The van der Waals surface area contributed by atoms with Gasteiger partial charge < -0.3 is 10.2 Å². The van der Waals surface area contributed by atoms with Crippen molar-refractivity contribution in [3.8, 4) is 0 Å². The molecule has 1 aromatic carbocycles. The van der Waals surface area contributed by atoms with Crippen LogP contribution in [0.4, 0.5) is 5.69 Å². The van der Waals surface area contributed by atoms with Crippen molar-refractivity contribution in [3.63, 3.8) is 0 Å². The van der Waals surface area contributed by atoms with E-state index in [1.807, 2.05) is 6.07 Å². The third-order valence-corrected chi connectivity index (χ3v) is 4.87. The number of para-hydroxylation sites is 1. The Hall–Kier alpha value is -1.11. The number of benzene rings is 1. The predicted octanol–water partition coefficient (Wildman–Crippen LogP) is 1.10. The van der Waals surface area contributed by atoms with Crippen LogP contribution in [0, 0.1) is 0 Å². The van der Waals surface area contributed by atoms with Gasteiger partial charge in [0, 0.05) is 19.1 Å². The number of nitrogens with zero attached hydrogens (tertiary/aromatic N) is 1. The van der Waals surface area contributed by atoms with Crippen LogP contribution in [0.1, 0.15) is 12.8 Å². The standard InChI is InChI=1S/C13H21N3O2S/c1-14-19(17,18)13-6-4-3-5-12(13)15-9-10-16(2)11-7-8-11/h3-6,11,14-15H,7-10H2,1-2H3. The highest BCUT2D eigenvalue weighted by Crippen LogP contribution is 2.25. The Morgan fingerprint density at radius 2 is 2.00 bits per heavy atom. The molecule has 0 aromatic heterocycles. The normalized spacial score (nSPS) is 15.7. The summed E-state index contributed by atoms with van der Waals surface area (Å²) in [6, 6.07) is 7.69. The molecule has 5 nitrogen and oxygen atoms in total. The maximum absolute atomic E-state index is 11.9. The van der Waals surface area contributed by atoms with Gasteiger partial charge in [0.05, 0.1) is 5.69 Å². The van der Waals surface area contributed by atoms with Crippen LogP contribution in [0.5, 0.6) is 0 Å². The predicted molar refractivity (Wildman–Crippen MR) is 76.8 cm³/mol. The van der Waals surface area contributed by atoms with E-state index in [2.05, 4.69) is 22.0 Å². The van der Waals surface area contributed by atoms with Gasteiger partial charge in [0.2, 0.25) is 10.0 Å². The maximum atomic E-state index is 11.9. The van der Waals surface area contributed by atoms with Gasteiger partial charge in [0.15, 0.2) is 0 Å². The number of nitrogens with one attached hydrogen (secondary N) is 2. The molecule has 1 aromatic rings. The molecule has 1 aliphatic carbocycles. The largest absolute Gasteiger partial charge is 0.383 e. The minimum Gasteiger partial charge on any atom is -0.383 e. The average molecular weight is 283 g/mol. The van der Waals surface area contributed by atoms with Gasteiger partial charge in [0.25, 0.3) is 0 Å². The third kappa shape index (κ3) is 3.68. The van der Waals surface area contributed by atoms with E-state index in [4.69, 9.17) is 0 Å². The molecule has 106 valence electrons. The molecule has 0 spiro atoms. The first kappa shape index (κ1) is 14.3. The quantitative estimate of drug-likeness (QED) is 0.787. The van der Waals surface area contributed by atoms with E-state index >= 15 is 0 Å². The van der Waals surface area contributed by atoms with E-state index in [1.54, 1.807) is 18.2 Å². The van der Waals surface area contributed by atoms with Crippen molar-refractivity contribution in [2.45, 2.75) is 23.8 Å². The summed E-state index contributed by atoms with van der Waals surface area (Å²) < 4.78 is 26.1. The molecular weight excluding hydrogens is 262 g/mol. The lowest BCUT2D eigenvalue weighted by Gasteiger charge is -2.17. The van der Waals surface area contributed by atoms with Gasteiger partial charge in [-0.3, -0.25) is 0 Å². The number of hydrogen-bond donors (Lipinski definition) is 2. The minimum absolute atomic E-state index is 0.298. The second-order valence-electron chi connectivity index (χ2n) is 4.84. The van der Waals surface area contributed by atoms with E-state index in [9.17, 15) is 8.42 Å². The van der Waals surface area contributed by atoms with Gasteiger partial charge >= 0.3 is 0 Å². The Morgan fingerprint density at radius 3 is 2.63 bits per heavy atom. The summed E-state index contributed by atoms with van der Waals surface area (Å²) in [7, 11) is 0.121. The zero-order chi connectivity index (χ0) is 13.9. The van der Waals surface area contributed by atoms with Gasteiger partial charge in [-0.05, 0) is 39.1 Å². The fourth-order valence-electron chi connectivity index (χ4n) is 2.02. The number of rotatable bonds is 7.